The molecule has 0 aromatic heterocycles. The van der Waals surface area contributed by atoms with Crippen molar-refractivity contribution in [1.82, 2.24) is 5.32 Å². The van der Waals surface area contributed by atoms with Gasteiger partial charge < -0.3 is 5.32 Å². The van der Waals surface area contributed by atoms with Crippen LogP contribution in [0.3, 0.4) is 0 Å². The molecule has 0 radical (unpaired) electrons. The van der Waals surface area contributed by atoms with Gasteiger partial charge in [-0.05, 0) is 43.0 Å². The molecule has 1 nitrogen and oxygen atoms in total. The average molecular weight is 209 g/mol. The third-order valence-corrected chi connectivity index (χ3v) is 2.27. The van der Waals surface area contributed by atoms with Gasteiger partial charge in [0, 0.05) is 12.6 Å². The van der Waals surface area contributed by atoms with Crippen LogP contribution in [0, 0.1) is 12.7 Å². The SMILES string of the molecule is CC.Cc1cc(F)cc(CNC2CC2)c1. The molecule has 1 aromatic carbocycles. The Hall–Kier alpha value is -0.890. The van der Waals surface area contributed by atoms with E-state index in [4.69, 9.17) is 0 Å². The van der Waals surface area contributed by atoms with Gasteiger partial charge >= 0.3 is 0 Å². The Morgan fingerprint density at radius 2 is 1.93 bits per heavy atom. The fraction of sp³-hybridized carbons (Fsp3) is 0.538. The first-order valence-electron chi connectivity index (χ1n) is 5.73. The lowest BCUT2D eigenvalue weighted by molar-refractivity contribution is 0.618. The zero-order valence-corrected chi connectivity index (χ0v) is 9.81. The fourth-order valence-corrected chi connectivity index (χ4v) is 1.46. The summed E-state index contributed by atoms with van der Waals surface area (Å²) in [5.74, 6) is -0.132. The van der Waals surface area contributed by atoms with Crippen LogP contribution >= 0.6 is 0 Å². The lowest BCUT2D eigenvalue weighted by atomic mass is 10.1. The summed E-state index contributed by atoms with van der Waals surface area (Å²) in [6, 6.07) is 5.87. The van der Waals surface area contributed by atoms with E-state index in [9.17, 15) is 4.39 Å². The van der Waals surface area contributed by atoms with Gasteiger partial charge in [0.15, 0.2) is 0 Å². The number of hydrogen-bond donors (Lipinski definition) is 1. The summed E-state index contributed by atoms with van der Waals surface area (Å²) in [5.41, 5.74) is 2.04. The first-order chi connectivity index (χ1) is 7.24. The highest BCUT2D eigenvalue weighted by atomic mass is 19.1. The predicted octanol–water partition coefficient (Wildman–Crippen LogP) is 3.41. The van der Waals surface area contributed by atoms with Gasteiger partial charge in [-0.1, -0.05) is 19.9 Å². The van der Waals surface area contributed by atoms with Crippen LogP contribution in [-0.4, -0.2) is 6.04 Å². The number of nitrogens with one attached hydrogen (secondary N) is 1. The van der Waals surface area contributed by atoms with Gasteiger partial charge in [-0.25, -0.2) is 4.39 Å². The van der Waals surface area contributed by atoms with Crippen molar-refractivity contribution in [3.63, 3.8) is 0 Å². The lowest BCUT2D eigenvalue weighted by Crippen LogP contribution is -2.15. The summed E-state index contributed by atoms with van der Waals surface area (Å²) in [6.45, 7) is 6.72. The lowest BCUT2D eigenvalue weighted by Gasteiger charge is -2.04. The topological polar surface area (TPSA) is 12.0 Å². The third kappa shape index (κ3) is 4.43. The first kappa shape index (κ1) is 12.2. The zero-order valence-electron chi connectivity index (χ0n) is 9.81. The van der Waals surface area contributed by atoms with Crippen LogP contribution in [0.25, 0.3) is 0 Å². The smallest absolute Gasteiger partial charge is 0.123 e. The molecule has 1 aromatic rings. The number of aryl methyl sites for hydroxylation is 1. The van der Waals surface area contributed by atoms with Crippen molar-refractivity contribution < 1.29 is 4.39 Å². The molecule has 0 aliphatic heterocycles. The molecule has 1 N–H and O–H groups in total. The van der Waals surface area contributed by atoms with Crippen LogP contribution in [0.2, 0.25) is 0 Å². The summed E-state index contributed by atoms with van der Waals surface area (Å²) in [6.07, 6.45) is 2.54. The molecule has 0 saturated heterocycles. The monoisotopic (exact) mass is 209 g/mol. The minimum Gasteiger partial charge on any atom is -0.310 e. The summed E-state index contributed by atoms with van der Waals surface area (Å²) in [7, 11) is 0. The molecule has 0 amide bonds. The maximum atomic E-state index is 12.9. The van der Waals surface area contributed by atoms with E-state index in [1.807, 2.05) is 26.8 Å². The molecule has 0 spiro atoms. The van der Waals surface area contributed by atoms with E-state index < -0.39 is 0 Å². The second-order valence-corrected chi connectivity index (χ2v) is 3.79. The van der Waals surface area contributed by atoms with Crippen molar-refractivity contribution in [3.8, 4) is 0 Å². The Labute approximate surface area is 91.7 Å². The summed E-state index contributed by atoms with van der Waals surface area (Å²) in [5, 5.41) is 3.36. The average Bonchev–Trinajstić information content (AvgIpc) is 3.00. The van der Waals surface area contributed by atoms with Crippen molar-refractivity contribution in [2.45, 2.75) is 46.2 Å². The molecular weight excluding hydrogens is 189 g/mol. The van der Waals surface area contributed by atoms with Crippen molar-refractivity contribution in [2.75, 3.05) is 0 Å². The molecule has 15 heavy (non-hydrogen) atoms. The van der Waals surface area contributed by atoms with Crippen LogP contribution in [-0.2, 0) is 6.54 Å². The molecule has 2 heteroatoms. The molecule has 1 aliphatic rings. The van der Waals surface area contributed by atoms with Crippen LogP contribution in [0.4, 0.5) is 4.39 Å². The quantitative estimate of drug-likeness (QED) is 0.804. The zero-order chi connectivity index (χ0) is 11.3. The highest BCUT2D eigenvalue weighted by molar-refractivity contribution is 5.23. The first-order valence-corrected chi connectivity index (χ1v) is 5.73. The highest BCUT2D eigenvalue weighted by Gasteiger charge is 2.19. The third-order valence-electron chi connectivity index (χ3n) is 2.27. The standard InChI is InChI=1S/C11H14FN.C2H6/c1-8-4-9(6-10(12)5-8)7-13-11-2-3-11;1-2/h4-6,11,13H,2-3,7H2,1H3;1-2H3. The van der Waals surface area contributed by atoms with Gasteiger partial charge in [0.25, 0.3) is 0 Å². The summed E-state index contributed by atoms with van der Waals surface area (Å²) >= 11 is 0. The van der Waals surface area contributed by atoms with E-state index in [1.165, 1.54) is 12.8 Å². The van der Waals surface area contributed by atoms with Crippen LogP contribution < -0.4 is 5.32 Å². The highest BCUT2D eigenvalue weighted by Crippen LogP contribution is 2.19. The van der Waals surface area contributed by atoms with Crippen LogP contribution in [0.1, 0.15) is 37.8 Å². The summed E-state index contributed by atoms with van der Waals surface area (Å²) < 4.78 is 12.9. The van der Waals surface area contributed by atoms with E-state index in [1.54, 1.807) is 12.1 Å². The van der Waals surface area contributed by atoms with E-state index in [2.05, 4.69) is 5.32 Å². The molecule has 1 saturated carbocycles. The normalized spacial score (nSPS) is 14.4. The molecule has 1 fully saturated rings. The Bertz CT molecular complexity index is 285. The number of benzene rings is 1. The van der Waals surface area contributed by atoms with Gasteiger partial charge in [0.05, 0.1) is 0 Å². The largest absolute Gasteiger partial charge is 0.310 e. The van der Waals surface area contributed by atoms with Gasteiger partial charge in [-0.15, -0.1) is 0 Å². The van der Waals surface area contributed by atoms with Gasteiger partial charge in [0.2, 0.25) is 0 Å². The molecule has 0 atom stereocenters. The number of rotatable bonds is 3. The van der Waals surface area contributed by atoms with E-state index >= 15 is 0 Å². The molecule has 1 aliphatic carbocycles. The Kier molecular flexibility index (Phi) is 4.76. The minimum atomic E-state index is -0.132. The van der Waals surface area contributed by atoms with Crippen LogP contribution in [0.15, 0.2) is 18.2 Å². The van der Waals surface area contributed by atoms with Gasteiger partial charge in [0.1, 0.15) is 5.82 Å². The fourth-order valence-electron chi connectivity index (χ4n) is 1.46. The second-order valence-electron chi connectivity index (χ2n) is 3.79. The van der Waals surface area contributed by atoms with Gasteiger partial charge in [-0.2, -0.15) is 0 Å². The number of halogens is 1. The molecule has 0 heterocycles. The molecular formula is C13H20FN. The van der Waals surface area contributed by atoms with E-state index in [0.29, 0.717) is 6.04 Å². The maximum Gasteiger partial charge on any atom is 0.123 e. The van der Waals surface area contributed by atoms with Gasteiger partial charge in [-0.3, -0.25) is 0 Å². The van der Waals surface area contributed by atoms with E-state index in [-0.39, 0.29) is 5.82 Å². The Morgan fingerprint density at radius 1 is 1.27 bits per heavy atom. The van der Waals surface area contributed by atoms with Crippen molar-refractivity contribution in [3.05, 3.63) is 35.1 Å². The molecule has 0 bridgehead atoms. The van der Waals surface area contributed by atoms with Crippen molar-refractivity contribution >= 4 is 0 Å². The maximum absolute atomic E-state index is 12.9. The predicted molar refractivity (Wildman–Crippen MR) is 62.3 cm³/mol. The Balaban J connectivity index is 0.000000531. The summed E-state index contributed by atoms with van der Waals surface area (Å²) in [4.78, 5) is 0. The minimum absolute atomic E-state index is 0.132. The molecule has 2 rings (SSSR count). The molecule has 0 unspecified atom stereocenters. The molecule has 84 valence electrons. The van der Waals surface area contributed by atoms with E-state index in [0.717, 1.165) is 17.7 Å². The van der Waals surface area contributed by atoms with Crippen LogP contribution in [0.5, 0.6) is 0 Å². The second kappa shape index (κ2) is 5.86. The van der Waals surface area contributed by atoms with Crippen molar-refractivity contribution in [1.29, 1.82) is 0 Å². The van der Waals surface area contributed by atoms with Crippen molar-refractivity contribution in [2.24, 2.45) is 0 Å². The Morgan fingerprint density at radius 3 is 2.47 bits per heavy atom. The number of hydrogen-bond acceptors (Lipinski definition) is 1.